The molecule has 4 nitrogen and oxygen atoms in total. The maximum atomic E-state index is 5.35. The van der Waals surface area contributed by atoms with Gasteiger partial charge in [-0.3, -0.25) is 0 Å². The molecular formula is C11H13N3O. The highest BCUT2D eigenvalue weighted by Gasteiger charge is 2.22. The van der Waals surface area contributed by atoms with E-state index in [1.54, 1.807) is 0 Å². The molecule has 2 aromatic rings. The van der Waals surface area contributed by atoms with Crippen LogP contribution >= 0.6 is 0 Å². The zero-order valence-electron chi connectivity index (χ0n) is 8.68. The molecule has 3 rings (SSSR count). The van der Waals surface area contributed by atoms with Crippen molar-refractivity contribution in [2.75, 3.05) is 13.2 Å². The first kappa shape index (κ1) is 8.85. The Balaban J connectivity index is 2.09. The maximum Gasteiger partial charge on any atom is 0.157 e. The lowest BCUT2D eigenvalue weighted by atomic mass is 10.1. The maximum absolute atomic E-state index is 5.35. The van der Waals surface area contributed by atoms with E-state index in [-0.39, 0.29) is 0 Å². The minimum absolute atomic E-state index is 0.379. The van der Waals surface area contributed by atoms with E-state index in [0.29, 0.717) is 5.92 Å². The predicted molar refractivity (Wildman–Crippen MR) is 55.9 cm³/mol. The highest BCUT2D eigenvalue weighted by atomic mass is 16.5. The molecule has 15 heavy (non-hydrogen) atoms. The van der Waals surface area contributed by atoms with Crippen molar-refractivity contribution in [3.05, 3.63) is 29.7 Å². The zero-order chi connectivity index (χ0) is 10.3. The van der Waals surface area contributed by atoms with Crippen molar-refractivity contribution in [1.29, 1.82) is 0 Å². The smallest absolute Gasteiger partial charge is 0.157 e. The fraction of sp³-hybridized carbons (Fsp3) is 0.455. The Labute approximate surface area is 87.9 Å². The molecule has 1 unspecified atom stereocenters. The molecule has 1 fully saturated rings. The van der Waals surface area contributed by atoms with Crippen LogP contribution in [0.3, 0.4) is 0 Å². The second-order valence-corrected chi connectivity index (χ2v) is 3.97. The summed E-state index contributed by atoms with van der Waals surface area (Å²) in [6.07, 6.45) is 1.04. The highest BCUT2D eigenvalue weighted by Crippen LogP contribution is 2.22. The van der Waals surface area contributed by atoms with E-state index >= 15 is 0 Å². The van der Waals surface area contributed by atoms with Crippen LogP contribution in [0.25, 0.3) is 5.65 Å². The molecule has 0 radical (unpaired) electrons. The van der Waals surface area contributed by atoms with Crippen molar-refractivity contribution < 1.29 is 4.74 Å². The zero-order valence-corrected chi connectivity index (χ0v) is 8.68. The van der Waals surface area contributed by atoms with Gasteiger partial charge in [-0.1, -0.05) is 6.07 Å². The molecule has 0 aromatic carbocycles. The lowest BCUT2D eigenvalue weighted by molar-refractivity contribution is 0.193. The molecule has 3 heterocycles. The summed E-state index contributed by atoms with van der Waals surface area (Å²) in [5.41, 5.74) is 2.04. The molecule has 0 bridgehead atoms. The van der Waals surface area contributed by atoms with E-state index in [9.17, 15) is 0 Å². The van der Waals surface area contributed by atoms with E-state index in [0.717, 1.165) is 36.8 Å². The molecule has 0 amide bonds. The average molecular weight is 203 g/mol. The van der Waals surface area contributed by atoms with Crippen molar-refractivity contribution in [3.63, 3.8) is 0 Å². The molecule has 4 heteroatoms. The minimum atomic E-state index is 0.379. The van der Waals surface area contributed by atoms with E-state index in [1.165, 1.54) is 0 Å². The fourth-order valence-corrected chi connectivity index (χ4v) is 1.96. The van der Waals surface area contributed by atoms with Gasteiger partial charge in [0.15, 0.2) is 11.5 Å². The summed E-state index contributed by atoms with van der Waals surface area (Å²) >= 11 is 0. The van der Waals surface area contributed by atoms with Gasteiger partial charge in [-0.15, -0.1) is 0 Å². The Morgan fingerprint density at radius 1 is 1.47 bits per heavy atom. The summed E-state index contributed by atoms with van der Waals surface area (Å²) in [5, 5.41) is 4.52. The predicted octanol–water partition coefficient (Wildman–Crippen LogP) is 1.54. The third kappa shape index (κ3) is 1.41. The second kappa shape index (κ2) is 3.31. The first-order valence-electron chi connectivity index (χ1n) is 5.24. The summed E-state index contributed by atoms with van der Waals surface area (Å²) in [5.74, 6) is 1.30. The van der Waals surface area contributed by atoms with Gasteiger partial charge in [0.25, 0.3) is 0 Å². The van der Waals surface area contributed by atoms with Gasteiger partial charge in [-0.05, 0) is 25.5 Å². The van der Waals surface area contributed by atoms with Crippen molar-refractivity contribution in [2.45, 2.75) is 19.3 Å². The van der Waals surface area contributed by atoms with Crippen LogP contribution in [0.4, 0.5) is 0 Å². The number of fused-ring (bicyclic) bond motifs is 1. The van der Waals surface area contributed by atoms with Crippen molar-refractivity contribution in [3.8, 4) is 0 Å². The van der Waals surface area contributed by atoms with Crippen molar-refractivity contribution in [2.24, 2.45) is 0 Å². The van der Waals surface area contributed by atoms with Crippen molar-refractivity contribution in [1.82, 2.24) is 14.6 Å². The highest BCUT2D eigenvalue weighted by molar-refractivity contribution is 5.39. The summed E-state index contributed by atoms with van der Waals surface area (Å²) in [7, 11) is 0. The molecule has 2 aromatic heterocycles. The Morgan fingerprint density at radius 2 is 2.40 bits per heavy atom. The van der Waals surface area contributed by atoms with Crippen LogP contribution in [0.15, 0.2) is 18.2 Å². The first-order chi connectivity index (χ1) is 7.34. The molecule has 0 aliphatic carbocycles. The van der Waals surface area contributed by atoms with Gasteiger partial charge in [0.2, 0.25) is 0 Å². The van der Waals surface area contributed by atoms with Gasteiger partial charge in [-0.25, -0.2) is 9.50 Å². The lowest BCUT2D eigenvalue weighted by Gasteiger charge is -1.98. The Bertz CT molecular complexity index is 486. The van der Waals surface area contributed by atoms with Gasteiger partial charge in [0.1, 0.15) is 0 Å². The van der Waals surface area contributed by atoms with E-state index in [2.05, 4.69) is 10.1 Å². The lowest BCUT2D eigenvalue weighted by Crippen LogP contribution is -2.00. The Morgan fingerprint density at radius 3 is 3.13 bits per heavy atom. The van der Waals surface area contributed by atoms with Crippen LogP contribution in [-0.2, 0) is 4.74 Å². The van der Waals surface area contributed by atoms with Gasteiger partial charge in [0.05, 0.1) is 6.61 Å². The molecular weight excluding hydrogens is 190 g/mol. The number of ether oxygens (including phenoxy) is 1. The number of hydrogen-bond acceptors (Lipinski definition) is 3. The van der Waals surface area contributed by atoms with Crippen LogP contribution in [0.1, 0.15) is 23.9 Å². The largest absolute Gasteiger partial charge is 0.381 e. The summed E-state index contributed by atoms with van der Waals surface area (Å²) < 4.78 is 7.24. The molecule has 0 saturated carbocycles. The molecule has 1 atom stereocenters. The third-order valence-electron chi connectivity index (χ3n) is 2.86. The van der Waals surface area contributed by atoms with Crippen LogP contribution in [-0.4, -0.2) is 27.8 Å². The normalized spacial score (nSPS) is 21.3. The van der Waals surface area contributed by atoms with Gasteiger partial charge in [-0.2, -0.15) is 5.10 Å². The third-order valence-corrected chi connectivity index (χ3v) is 2.86. The topological polar surface area (TPSA) is 39.4 Å². The molecule has 1 aliphatic heterocycles. The monoisotopic (exact) mass is 203 g/mol. The number of aromatic nitrogens is 3. The van der Waals surface area contributed by atoms with Crippen LogP contribution in [0.5, 0.6) is 0 Å². The summed E-state index contributed by atoms with van der Waals surface area (Å²) in [6, 6.07) is 6.03. The molecule has 0 spiro atoms. The number of rotatable bonds is 1. The SMILES string of the molecule is Cc1cccc2nc(C3CCOC3)nn12. The summed E-state index contributed by atoms with van der Waals surface area (Å²) in [6.45, 7) is 3.63. The number of aryl methyl sites for hydroxylation is 1. The van der Waals surface area contributed by atoms with E-state index in [4.69, 9.17) is 4.74 Å². The number of pyridine rings is 1. The quantitative estimate of drug-likeness (QED) is 0.705. The average Bonchev–Trinajstić information content (AvgIpc) is 2.86. The van der Waals surface area contributed by atoms with Crippen molar-refractivity contribution >= 4 is 5.65 Å². The van der Waals surface area contributed by atoms with Gasteiger partial charge < -0.3 is 4.74 Å². The molecule has 0 N–H and O–H groups in total. The Hall–Kier alpha value is -1.42. The van der Waals surface area contributed by atoms with Crippen LogP contribution in [0.2, 0.25) is 0 Å². The molecule has 78 valence electrons. The number of nitrogens with zero attached hydrogens (tertiary/aromatic N) is 3. The number of hydrogen-bond donors (Lipinski definition) is 0. The molecule has 1 aliphatic rings. The van der Waals surface area contributed by atoms with Gasteiger partial charge in [0, 0.05) is 18.2 Å². The second-order valence-electron chi connectivity index (χ2n) is 3.97. The van der Waals surface area contributed by atoms with E-state index in [1.807, 2.05) is 29.6 Å². The van der Waals surface area contributed by atoms with Crippen LogP contribution in [0, 0.1) is 6.92 Å². The fourth-order valence-electron chi connectivity index (χ4n) is 1.96. The summed E-state index contributed by atoms with van der Waals surface area (Å²) in [4.78, 5) is 4.53. The van der Waals surface area contributed by atoms with E-state index < -0.39 is 0 Å². The Kier molecular flexibility index (Phi) is 1.95. The standard InChI is InChI=1S/C11H13N3O/c1-8-3-2-4-10-12-11(13-14(8)10)9-5-6-15-7-9/h2-4,9H,5-7H2,1H3. The van der Waals surface area contributed by atoms with Gasteiger partial charge >= 0.3 is 0 Å². The van der Waals surface area contributed by atoms with Crippen LogP contribution < -0.4 is 0 Å². The molecule has 1 saturated heterocycles. The minimum Gasteiger partial charge on any atom is -0.381 e. The first-order valence-corrected chi connectivity index (χ1v) is 5.24.